The highest BCUT2D eigenvalue weighted by molar-refractivity contribution is 6.00. The summed E-state index contributed by atoms with van der Waals surface area (Å²) >= 11 is 0. The van der Waals surface area contributed by atoms with Crippen molar-refractivity contribution in [3.05, 3.63) is 29.5 Å². The first-order chi connectivity index (χ1) is 28.2. The fraction of sp³-hybridized carbons (Fsp3) is 0.769. The predicted octanol–water partition coefficient (Wildman–Crippen LogP) is 17.8. The van der Waals surface area contributed by atoms with E-state index in [2.05, 4.69) is 30.9 Å². The lowest BCUT2D eigenvalue weighted by Gasteiger charge is -2.22. The zero-order chi connectivity index (χ0) is 40.4. The molecule has 1 aromatic carbocycles. The SMILES string of the molecule is CCCCCCCCCCCCCCCCCCCCN(CCCCCCCCCCCCCCCCCCCC)c1oc2cc3c(C#N)coc3cc2c1C#N. The number of nitriles is 2. The second-order valence-corrected chi connectivity index (χ2v) is 17.5. The van der Waals surface area contributed by atoms with E-state index in [9.17, 15) is 10.5 Å². The van der Waals surface area contributed by atoms with Gasteiger partial charge in [-0.05, 0) is 25.0 Å². The minimum Gasteiger partial charge on any atom is -0.463 e. The molecule has 3 aromatic rings. The molecule has 320 valence electrons. The van der Waals surface area contributed by atoms with Crippen LogP contribution in [0.1, 0.15) is 256 Å². The van der Waals surface area contributed by atoms with Crippen molar-refractivity contribution < 1.29 is 8.83 Å². The molecule has 0 aliphatic rings. The summed E-state index contributed by atoms with van der Waals surface area (Å²) in [4.78, 5) is 2.34. The van der Waals surface area contributed by atoms with Gasteiger partial charge >= 0.3 is 0 Å². The number of nitrogens with zero attached hydrogens (tertiary/aromatic N) is 3. The van der Waals surface area contributed by atoms with E-state index in [0.29, 0.717) is 28.2 Å². The molecule has 0 aliphatic heterocycles. The van der Waals surface area contributed by atoms with Crippen molar-refractivity contribution in [2.75, 3.05) is 18.0 Å². The zero-order valence-corrected chi connectivity index (χ0v) is 37.3. The van der Waals surface area contributed by atoms with Crippen LogP contribution in [-0.4, -0.2) is 13.1 Å². The van der Waals surface area contributed by atoms with Crippen molar-refractivity contribution in [1.29, 1.82) is 10.5 Å². The Hall–Kier alpha value is -2.92. The van der Waals surface area contributed by atoms with Crippen molar-refractivity contribution in [3.63, 3.8) is 0 Å². The Balaban J connectivity index is 1.32. The smallest absolute Gasteiger partial charge is 0.214 e. The van der Waals surface area contributed by atoms with E-state index in [1.54, 1.807) is 0 Å². The quantitative estimate of drug-likeness (QED) is 0.0539. The van der Waals surface area contributed by atoms with Gasteiger partial charge in [0.15, 0.2) is 0 Å². The second kappa shape index (κ2) is 33.0. The van der Waals surface area contributed by atoms with Gasteiger partial charge in [0.2, 0.25) is 5.88 Å². The van der Waals surface area contributed by atoms with Crippen LogP contribution in [0, 0.1) is 22.7 Å². The number of rotatable bonds is 39. The summed E-state index contributed by atoms with van der Waals surface area (Å²) in [6.07, 6.45) is 50.9. The first-order valence-corrected chi connectivity index (χ1v) is 24.8. The monoisotopic (exact) mass is 784 g/mol. The van der Waals surface area contributed by atoms with Crippen LogP contribution >= 0.6 is 0 Å². The highest BCUT2D eigenvalue weighted by Gasteiger charge is 2.22. The molecule has 57 heavy (non-hydrogen) atoms. The number of benzene rings is 1. The van der Waals surface area contributed by atoms with Crippen molar-refractivity contribution in [2.45, 2.75) is 245 Å². The minimum absolute atomic E-state index is 0.498. The molecule has 0 saturated carbocycles. The molecule has 0 saturated heterocycles. The molecule has 0 spiro atoms. The molecular formula is C52H85N3O2. The Morgan fingerprint density at radius 2 is 0.754 bits per heavy atom. The van der Waals surface area contributed by atoms with E-state index >= 15 is 0 Å². The van der Waals surface area contributed by atoms with E-state index in [1.807, 2.05) is 12.1 Å². The number of furan rings is 2. The molecule has 0 aliphatic carbocycles. The van der Waals surface area contributed by atoms with Crippen LogP contribution in [0.2, 0.25) is 0 Å². The van der Waals surface area contributed by atoms with Crippen LogP contribution in [-0.2, 0) is 0 Å². The van der Waals surface area contributed by atoms with Gasteiger partial charge in [-0.2, -0.15) is 10.5 Å². The number of hydrogen-bond acceptors (Lipinski definition) is 5. The molecule has 2 heterocycles. The Labute approximate surface area is 350 Å². The third kappa shape index (κ3) is 20.6. The fourth-order valence-corrected chi connectivity index (χ4v) is 8.74. The molecule has 0 fully saturated rings. The van der Waals surface area contributed by atoms with Crippen molar-refractivity contribution in [1.82, 2.24) is 0 Å². The molecule has 0 bridgehead atoms. The minimum atomic E-state index is 0.498. The van der Waals surface area contributed by atoms with Crippen molar-refractivity contribution in [3.8, 4) is 12.1 Å². The van der Waals surface area contributed by atoms with Crippen LogP contribution in [0.15, 0.2) is 27.2 Å². The summed E-state index contributed by atoms with van der Waals surface area (Å²) in [6, 6.07) is 8.43. The fourth-order valence-electron chi connectivity index (χ4n) is 8.74. The zero-order valence-electron chi connectivity index (χ0n) is 37.3. The largest absolute Gasteiger partial charge is 0.463 e. The van der Waals surface area contributed by atoms with E-state index in [1.165, 1.54) is 225 Å². The molecular weight excluding hydrogens is 699 g/mol. The molecule has 3 rings (SSSR count). The van der Waals surface area contributed by atoms with Gasteiger partial charge in [-0.25, -0.2) is 0 Å². The van der Waals surface area contributed by atoms with Crippen LogP contribution in [0.25, 0.3) is 21.9 Å². The third-order valence-electron chi connectivity index (χ3n) is 12.4. The van der Waals surface area contributed by atoms with Crippen molar-refractivity contribution in [2.24, 2.45) is 0 Å². The Kier molecular flexibility index (Phi) is 28.0. The highest BCUT2D eigenvalue weighted by Crippen LogP contribution is 2.36. The summed E-state index contributed by atoms with van der Waals surface area (Å²) in [7, 11) is 0. The van der Waals surface area contributed by atoms with Gasteiger partial charge in [-0.3, -0.25) is 0 Å². The molecule has 2 aromatic heterocycles. The van der Waals surface area contributed by atoms with Gasteiger partial charge < -0.3 is 13.7 Å². The lowest BCUT2D eigenvalue weighted by Crippen LogP contribution is -2.26. The standard InChI is InChI=1S/C52H85N3O2/c1-3-5-7-9-11-13-15-17-19-21-23-25-27-29-31-33-35-37-39-55(52-49(44-54)48-42-50-47(41-51(48)57-52)46(43-53)45-56-50)40-38-36-34-32-30-28-26-24-22-20-18-16-14-12-10-8-6-4-2/h41-42,45H,3-40H2,1-2H3. The number of fused-ring (bicyclic) bond motifs is 2. The normalized spacial score (nSPS) is 11.5. The van der Waals surface area contributed by atoms with Gasteiger partial charge in [0.05, 0.1) is 5.56 Å². The first-order valence-electron chi connectivity index (χ1n) is 24.8. The Morgan fingerprint density at radius 1 is 0.421 bits per heavy atom. The van der Waals surface area contributed by atoms with Crippen LogP contribution in [0.3, 0.4) is 0 Å². The Morgan fingerprint density at radius 3 is 1.09 bits per heavy atom. The van der Waals surface area contributed by atoms with Gasteiger partial charge in [-0.1, -0.05) is 232 Å². The second-order valence-electron chi connectivity index (χ2n) is 17.5. The molecule has 5 nitrogen and oxygen atoms in total. The summed E-state index contributed by atoms with van der Waals surface area (Å²) in [6.45, 7) is 6.41. The lowest BCUT2D eigenvalue weighted by molar-refractivity contribution is 0.514. The summed E-state index contributed by atoms with van der Waals surface area (Å²) in [5.41, 5.74) is 2.37. The van der Waals surface area contributed by atoms with E-state index in [4.69, 9.17) is 8.83 Å². The summed E-state index contributed by atoms with van der Waals surface area (Å²) < 4.78 is 12.1. The molecule has 5 heteroatoms. The lowest BCUT2D eigenvalue weighted by atomic mass is 10.0. The third-order valence-corrected chi connectivity index (χ3v) is 12.4. The van der Waals surface area contributed by atoms with Gasteiger partial charge in [-0.15, -0.1) is 0 Å². The van der Waals surface area contributed by atoms with Crippen LogP contribution < -0.4 is 4.90 Å². The van der Waals surface area contributed by atoms with Gasteiger partial charge in [0, 0.05) is 23.9 Å². The van der Waals surface area contributed by atoms with E-state index < -0.39 is 0 Å². The first kappa shape index (κ1) is 48.4. The maximum Gasteiger partial charge on any atom is 0.214 e. The summed E-state index contributed by atoms with van der Waals surface area (Å²) in [5.74, 6) is 0.692. The number of anilines is 1. The molecule has 0 atom stereocenters. The summed E-state index contributed by atoms with van der Waals surface area (Å²) in [5, 5.41) is 21.4. The predicted molar refractivity (Wildman–Crippen MR) is 245 cm³/mol. The van der Waals surface area contributed by atoms with Gasteiger partial charge in [0.25, 0.3) is 0 Å². The maximum absolute atomic E-state index is 10.3. The maximum atomic E-state index is 10.3. The molecule has 0 amide bonds. The molecule has 0 N–H and O–H groups in total. The molecule has 0 unspecified atom stereocenters. The van der Waals surface area contributed by atoms with E-state index in [-0.39, 0.29) is 0 Å². The number of unbranched alkanes of at least 4 members (excludes halogenated alkanes) is 34. The average Bonchev–Trinajstić information content (AvgIpc) is 3.80. The van der Waals surface area contributed by atoms with Crippen LogP contribution in [0.4, 0.5) is 5.88 Å². The molecule has 0 radical (unpaired) electrons. The van der Waals surface area contributed by atoms with Gasteiger partial charge in [0.1, 0.15) is 35.1 Å². The Bertz CT molecular complexity index is 1450. The number of hydrogen-bond donors (Lipinski definition) is 0. The topological polar surface area (TPSA) is 77.1 Å². The van der Waals surface area contributed by atoms with Crippen LogP contribution in [0.5, 0.6) is 0 Å². The van der Waals surface area contributed by atoms with Crippen molar-refractivity contribution >= 4 is 27.8 Å². The van der Waals surface area contributed by atoms with E-state index in [0.717, 1.165) is 36.7 Å². The highest BCUT2D eigenvalue weighted by atomic mass is 16.4. The average molecular weight is 784 g/mol.